The van der Waals surface area contributed by atoms with E-state index in [2.05, 4.69) is 5.32 Å². The van der Waals surface area contributed by atoms with E-state index < -0.39 is 11.4 Å². The molecule has 0 radical (unpaired) electrons. The summed E-state index contributed by atoms with van der Waals surface area (Å²) < 4.78 is 0. The Bertz CT molecular complexity index is 724. The van der Waals surface area contributed by atoms with Gasteiger partial charge in [-0.1, -0.05) is 37.6 Å². The molecule has 0 aliphatic carbocycles. The Hall–Kier alpha value is -1.85. The quantitative estimate of drug-likeness (QED) is 0.827. The predicted molar refractivity (Wildman–Crippen MR) is 92.1 cm³/mol. The molecule has 0 saturated heterocycles. The van der Waals surface area contributed by atoms with Crippen LogP contribution in [-0.2, 0) is 17.8 Å². The number of aromatic carboxylic acids is 1. The summed E-state index contributed by atoms with van der Waals surface area (Å²) in [5, 5.41) is 12.4. The maximum absolute atomic E-state index is 12.4. The minimum Gasteiger partial charge on any atom is -0.477 e. The molecule has 23 heavy (non-hydrogen) atoms. The van der Waals surface area contributed by atoms with Crippen LogP contribution in [0.4, 0.5) is 0 Å². The number of amides is 1. The van der Waals surface area contributed by atoms with Crippen LogP contribution < -0.4 is 5.32 Å². The molecular weight excluding hydrogens is 334 g/mol. The molecule has 0 aliphatic heterocycles. The van der Waals surface area contributed by atoms with Crippen LogP contribution in [0, 0.1) is 5.41 Å². The highest BCUT2D eigenvalue weighted by Crippen LogP contribution is 2.24. The first-order valence-corrected chi connectivity index (χ1v) is 8.32. The summed E-state index contributed by atoms with van der Waals surface area (Å²) in [6.45, 7) is 4.08. The molecule has 1 aromatic heterocycles. The van der Waals surface area contributed by atoms with E-state index in [0.29, 0.717) is 18.0 Å². The van der Waals surface area contributed by atoms with E-state index in [0.717, 1.165) is 10.4 Å². The molecule has 4 nitrogen and oxygen atoms in total. The molecule has 1 heterocycles. The molecule has 1 amide bonds. The standard InChI is InChI=1S/C17H18ClNO3S/c1-17(2,9-11-4-3-5-12(18)8-11)16(22)19-10-13-6-7-14(23-13)15(20)21/h3-8H,9-10H2,1-2H3,(H,19,22)(H,20,21). The van der Waals surface area contributed by atoms with Crippen LogP contribution >= 0.6 is 22.9 Å². The van der Waals surface area contributed by atoms with Crippen LogP contribution in [0.5, 0.6) is 0 Å². The van der Waals surface area contributed by atoms with E-state index in [1.165, 1.54) is 11.3 Å². The largest absolute Gasteiger partial charge is 0.477 e. The first-order valence-electron chi connectivity index (χ1n) is 7.13. The first-order chi connectivity index (χ1) is 10.8. The Morgan fingerprint density at radius 2 is 2.00 bits per heavy atom. The molecule has 2 rings (SSSR count). The summed E-state index contributed by atoms with van der Waals surface area (Å²) in [6, 6.07) is 10.7. The molecule has 2 N–H and O–H groups in total. The highest BCUT2D eigenvalue weighted by molar-refractivity contribution is 7.13. The molecule has 6 heteroatoms. The van der Waals surface area contributed by atoms with Crippen molar-refractivity contribution in [1.82, 2.24) is 5.32 Å². The number of carboxylic acid groups (broad SMARTS) is 1. The van der Waals surface area contributed by atoms with Crippen molar-refractivity contribution in [2.45, 2.75) is 26.8 Å². The number of nitrogens with one attached hydrogen (secondary N) is 1. The van der Waals surface area contributed by atoms with Gasteiger partial charge >= 0.3 is 5.97 Å². The van der Waals surface area contributed by atoms with E-state index >= 15 is 0 Å². The molecule has 0 fully saturated rings. The fraction of sp³-hybridized carbons (Fsp3) is 0.294. The summed E-state index contributed by atoms with van der Waals surface area (Å²) in [4.78, 5) is 24.4. The average molecular weight is 352 g/mol. The second kappa shape index (κ2) is 7.15. The molecule has 122 valence electrons. The van der Waals surface area contributed by atoms with Gasteiger partial charge in [0.25, 0.3) is 0 Å². The first kappa shape index (κ1) is 17.5. The SMILES string of the molecule is CC(C)(Cc1cccc(Cl)c1)C(=O)NCc1ccc(C(=O)O)s1. The monoisotopic (exact) mass is 351 g/mol. The zero-order valence-electron chi connectivity index (χ0n) is 12.9. The maximum atomic E-state index is 12.4. The minimum absolute atomic E-state index is 0.0808. The van der Waals surface area contributed by atoms with Gasteiger partial charge in [0.1, 0.15) is 4.88 Å². The third-order valence-electron chi connectivity index (χ3n) is 3.45. The average Bonchev–Trinajstić information content (AvgIpc) is 2.93. The number of rotatable bonds is 6. The van der Waals surface area contributed by atoms with Crippen LogP contribution in [0.3, 0.4) is 0 Å². The fourth-order valence-electron chi connectivity index (χ4n) is 2.23. The molecule has 0 unspecified atom stereocenters. The van der Waals surface area contributed by atoms with Crippen molar-refractivity contribution in [3.05, 3.63) is 56.7 Å². The molecule has 0 aliphatic rings. The molecule has 0 saturated carbocycles. The molecule has 0 atom stereocenters. The van der Waals surface area contributed by atoms with Crippen LogP contribution in [0.15, 0.2) is 36.4 Å². The number of benzene rings is 1. The molecule has 2 aromatic rings. The summed E-state index contributed by atoms with van der Waals surface area (Å²) in [7, 11) is 0. The predicted octanol–water partition coefficient (Wildman–Crippen LogP) is 3.98. The van der Waals surface area contributed by atoms with Gasteiger partial charge < -0.3 is 10.4 Å². The smallest absolute Gasteiger partial charge is 0.345 e. The number of carboxylic acids is 1. The summed E-state index contributed by atoms with van der Waals surface area (Å²) in [6.07, 6.45) is 0.574. The molecule has 1 aromatic carbocycles. The summed E-state index contributed by atoms with van der Waals surface area (Å²) in [5.74, 6) is -1.03. The Morgan fingerprint density at radius 1 is 1.26 bits per heavy atom. The van der Waals surface area contributed by atoms with E-state index in [1.807, 2.05) is 32.0 Å². The zero-order valence-corrected chi connectivity index (χ0v) is 14.5. The number of hydrogen-bond acceptors (Lipinski definition) is 3. The highest BCUT2D eigenvalue weighted by atomic mass is 35.5. The Morgan fingerprint density at radius 3 is 2.61 bits per heavy atom. The lowest BCUT2D eigenvalue weighted by Gasteiger charge is -2.23. The second-order valence-corrected chi connectivity index (χ2v) is 7.55. The highest BCUT2D eigenvalue weighted by Gasteiger charge is 2.27. The number of halogens is 1. The molecular formula is C17H18ClNO3S. The summed E-state index contributed by atoms with van der Waals surface area (Å²) in [5.41, 5.74) is 0.416. The van der Waals surface area contributed by atoms with E-state index in [1.54, 1.807) is 18.2 Å². The van der Waals surface area contributed by atoms with E-state index in [-0.39, 0.29) is 10.8 Å². The number of carbonyl (C=O) groups is 2. The van der Waals surface area contributed by atoms with Gasteiger partial charge in [-0.25, -0.2) is 4.79 Å². The van der Waals surface area contributed by atoms with Gasteiger partial charge in [0, 0.05) is 15.3 Å². The van der Waals surface area contributed by atoms with Crippen molar-refractivity contribution in [1.29, 1.82) is 0 Å². The van der Waals surface area contributed by atoms with Gasteiger partial charge in [0.2, 0.25) is 5.91 Å². The van der Waals surface area contributed by atoms with E-state index in [4.69, 9.17) is 16.7 Å². The Balaban J connectivity index is 1.96. The lowest BCUT2D eigenvalue weighted by atomic mass is 9.85. The van der Waals surface area contributed by atoms with E-state index in [9.17, 15) is 9.59 Å². The number of thiophene rings is 1. The van der Waals surface area contributed by atoms with Crippen LogP contribution in [-0.4, -0.2) is 17.0 Å². The third kappa shape index (κ3) is 4.81. The fourth-order valence-corrected chi connectivity index (χ4v) is 3.23. The minimum atomic E-state index is -0.950. The van der Waals surface area contributed by atoms with Crippen molar-refractivity contribution in [2.75, 3.05) is 0 Å². The second-order valence-electron chi connectivity index (χ2n) is 5.94. The van der Waals surface area contributed by atoms with Gasteiger partial charge in [-0.05, 0) is 36.2 Å². The molecule has 0 bridgehead atoms. The zero-order chi connectivity index (χ0) is 17.0. The van der Waals surface area contributed by atoms with Crippen LogP contribution in [0.1, 0.15) is 34.0 Å². The molecule has 0 spiro atoms. The van der Waals surface area contributed by atoms with Crippen molar-refractivity contribution in [3.63, 3.8) is 0 Å². The van der Waals surface area contributed by atoms with Crippen LogP contribution in [0.25, 0.3) is 0 Å². The normalized spacial score (nSPS) is 11.3. The van der Waals surface area contributed by atoms with Gasteiger partial charge in [-0.3, -0.25) is 4.79 Å². The Labute approximate surface area is 144 Å². The Kier molecular flexibility index (Phi) is 5.44. The lowest BCUT2D eigenvalue weighted by Crippen LogP contribution is -2.37. The van der Waals surface area contributed by atoms with Gasteiger partial charge in [0.15, 0.2) is 0 Å². The topological polar surface area (TPSA) is 66.4 Å². The number of hydrogen-bond donors (Lipinski definition) is 2. The van der Waals surface area contributed by atoms with Gasteiger partial charge in [-0.2, -0.15) is 0 Å². The van der Waals surface area contributed by atoms with Crippen molar-refractivity contribution in [3.8, 4) is 0 Å². The van der Waals surface area contributed by atoms with Crippen LogP contribution in [0.2, 0.25) is 5.02 Å². The third-order valence-corrected chi connectivity index (χ3v) is 4.75. The van der Waals surface area contributed by atoms with Gasteiger partial charge in [-0.15, -0.1) is 11.3 Å². The van der Waals surface area contributed by atoms with Crippen molar-refractivity contribution < 1.29 is 14.7 Å². The van der Waals surface area contributed by atoms with Gasteiger partial charge in [0.05, 0.1) is 6.54 Å². The number of carbonyl (C=O) groups excluding carboxylic acids is 1. The summed E-state index contributed by atoms with van der Waals surface area (Å²) >= 11 is 7.14. The van der Waals surface area contributed by atoms with Crippen molar-refractivity contribution in [2.24, 2.45) is 5.41 Å². The lowest BCUT2D eigenvalue weighted by molar-refractivity contribution is -0.129. The maximum Gasteiger partial charge on any atom is 0.345 e. The van der Waals surface area contributed by atoms with Crippen molar-refractivity contribution >= 4 is 34.8 Å².